The minimum atomic E-state index is -0.577. The molecule has 0 bridgehead atoms. The molecule has 4 amide bonds. The molecule has 0 spiro atoms. The average molecular weight is 747 g/mol. The number of halogens is 2. The third-order valence-electron chi connectivity index (χ3n) is 11.0. The minimum absolute atomic E-state index is 0.00314. The fraction of sp³-hybridized carbons (Fsp3) is 0.447. The molecule has 0 aliphatic carbocycles. The van der Waals surface area contributed by atoms with E-state index >= 15 is 4.39 Å². The Hall–Kier alpha value is -4.95. The van der Waals surface area contributed by atoms with Gasteiger partial charge in [-0.3, -0.25) is 29.7 Å². The maximum Gasteiger partial charge on any atom is 0.319 e. The molecule has 3 fully saturated rings. The highest BCUT2D eigenvalue weighted by Gasteiger charge is 2.32. The largest absolute Gasteiger partial charge is 0.496 e. The third kappa shape index (κ3) is 7.47. The van der Waals surface area contributed by atoms with E-state index in [2.05, 4.69) is 25.7 Å². The van der Waals surface area contributed by atoms with Crippen LogP contribution in [0.2, 0.25) is 5.02 Å². The number of fused-ring (bicyclic) bond motifs is 1. The van der Waals surface area contributed by atoms with Gasteiger partial charge in [-0.25, -0.2) is 9.18 Å². The van der Waals surface area contributed by atoms with E-state index in [1.807, 2.05) is 29.0 Å². The zero-order valence-corrected chi connectivity index (χ0v) is 30.8. The molecule has 4 aromatic rings. The van der Waals surface area contributed by atoms with Gasteiger partial charge in [-0.2, -0.15) is 5.10 Å². The molecule has 7 rings (SSSR count). The minimum Gasteiger partial charge on any atom is -0.496 e. The molecule has 1 unspecified atom stereocenters. The Bertz CT molecular complexity index is 2100. The van der Waals surface area contributed by atoms with Crippen molar-refractivity contribution < 1.29 is 23.5 Å². The van der Waals surface area contributed by atoms with Crippen molar-refractivity contribution in [2.45, 2.75) is 63.1 Å². The molecule has 53 heavy (non-hydrogen) atoms. The zero-order chi connectivity index (χ0) is 37.4. The number of aromatic nitrogens is 3. The number of nitrogens with one attached hydrogen (secondary N) is 3. The number of ether oxygens (including phenoxy) is 1. The number of rotatable bonds is 8. The van der Waals surface area contributed by atoms with E-state index in [9.17, 15) is 19.2 Å². The number of H-pyrrole nitrogens is 1. The van der Waals surface area contributed by atoms with Gasteiger partial charge < -0.3 is 24.4 Å². The number of methoxy groups -OCH3 is 1. The number of amides is 4. The number of hydrogen-bond donors (Lipinski definition) is 3. The number of imide groups is 1. The first kappa shape index (κ1) is 36.4. The van der Waals surface area contributed by atoms with Gasteiger partial charge in [0.2, 0.25) is 11.8 Å². The maximum atomic E-state index is 15.2. The predicted molar refractivity (Wildman–Crippen MR) is 200 cm³/mol. The lowest BCUT2D eigenvalue weighted by molar-refractivity contribution is -0.133. The SMILES string of the molecule is COc1cc(-c2cn(C)c(=O)c3[nH]ncc23)cc(Cl)c1CN1CCC(N(C)C(=O)N2CCC(c3ccc(NC4CCC(=O)NC4=O)cc3F)CC2)CC1. The summed E-state index contributed by atoms with van der Waals surface area (Å²) in [5, 5.41) is 13.5. The van der Waals surface area contributed by atoms with Crippen LogP contribution in [0.4, 0.5) is 14.9 Å². The normalized spacial score (nSPS) is 19.0. The van der Waals surface area contributed by atoms with Crippen LogP contribution in [0.25, 0.3) is 22.0 Å². The summed E-state index contributed by atoms with van der Waals surface area (Å²) in [7, 11) is 5.20. The monoisotopic (exact) mass is 746 g/mol. The van der Waals surface area contributed by atoms with E-state index in [-0.39, 0.29) is 41.7 Å². The van der Waals surface area contributed by atoms with Crippen molar-refractivity contribution in [1.82, 2.24) is 34.8 Å². The van der Waals surface area contributed by atoms with Crippen LogP contribution < -0.4 is 20.9 Å². The van der Waals surface area contributed by atoms with E-state index in [0.717, 1.165) is 42.6 Å². The van der Waals surface area contributed by atoms with Crippen molar-refractivity contribution in [3.63, 3.8) is 0 Å². The maximum absolute atomic E-state index is 15.2. The number of benzene rings is 2. The smallest absolute Gasteiger partial charge is 0.319 e. The Morgan fingerprint density at radius 1 is 1.08 bits per heavy atom. The van der Waals surface area contributed by atoms with E-state index in [1.165, 1.54) is 10.6 Å². The van der Waals surface area contributed by atoms with Gasteiger partial charge in [-0.15, -0.1) is 0 Å². The first-order chi connectivity index (χ1) is 25.5. The number of anilines is 1. The van der Waals surface area contributed by atoms with Crippen LogP contribution in [0.5, 0.6) is 5.75 Å². The van der Waals surface area contributed by atoms with E-state index < -0.39 is 11.9 Å². The second-order valence-corrected chi connectivity index (χ2v) is 14.7. The van der Waals surface area contributed by atoms with Gasteiger partial charge in [0.1, 0.15) is 23.1 Å². The number of piperidine rings is 3. The standard InChI is InChI=1S/C38H44ClFN8O5/c1-45-20-28(27-19-41-44-35(27)37(45)51)23-16-30(39)29(33(17-23)53-3)21-47-12-10-25(11-13-47)46(2)38(52)48-14-8-22(9-15-48)26-5-4-24(18-31(26)40)42-32-6-7-34(49)43-36(32)50/h4-5,16-20,22,25,32,42H,6-15,21H2,1-3H3,(H,41,44)(H,43,49,50). The fourth-order valence-corrected chi connectivity index (χ4v) is 8.18. The summed E-state index contributed by atoms with van der Waals surface area (Å²) in [5.74, 6) is -0.386. The Labute approximate surface area is 311 Å². The van der Waals surface area contributed by atoms with Gasteiger partial charge in [-0.05, 0) is 73.4 Å². The van der Waals surface area contributed by atoms with Crippen molar-refractivity contribution in [2.75, 3.05) is 45.7 Å². The summed E-state index contributed by atoms with van der Waals surface area (Å²) in [6.45, 7) is 3.26. The lowest BCUT2D eigenvalue weighted by Gasteiger charge is -2.40. The molecular weight excluding hydrogens is 703 g/mol. The summed E-state index contributed by atoms with van der Waals surface area (Å²) in [5.41, 5.74) is 3.91. The van der Waals surface area contributed by atoms with Crippen LogP contribution in [0.3, 0.4) is 0 Å². The first-order valence-electron chi connectivity index (χ1n) is 18.0. The lowest BCUT2D eigenvalue weighted by atomic mass is 9.89. The quantitative estimate of drug-likeness (QED) is 0.217. The van der Waals surface area contributed by atoms with Crippen molar-refractivity contribution in [2.24, 2.45) is 7.05 Å². The van der Waals surface area contributed by atoms with Gasteiger partial charge in [0.25, 0.3) is 5.56 Å². The molecule has 280 valence electrons. The summed E-state index contributed by atoms with van der Waals surface area (Å²) < 4.78 is 22.6. The summed E-state index contributed by atoms with van der Waals surface area (Å²) in [6.07, 6.45) is 6.98. The predicted octanol–water partition coefficient (Wildman–Crippen LogP) is 4.84. The first-order valence-corrected chi connectivity index (χ1v) is 18.4. The lowest BCUT2D eigenvalue weighted by Crippen LogP contribution is -2.51. The molecule has 3 aliphatic rings. The molecule has 5 heterocycles. The number of aromatic amines is 1. The molecule has 3 aliphatic heterocycles. The number of pyridine rings is 1. The van der Waals surface area contributed by atoms with Crippen molar-refractivity contribution in [1.29, 1.82) is 0 Å². The summed E-state index contributed by atoms with van der Waals surface area (Å²) in [4.78, 5) is 55.7. The van der Waals surface area contributed by atoms with Crippen molar-refractivity contribution in [3.8, 4) is 16.9 Å². The second kappa shape index (κ2) is 15.2. The molecule has 2 aromatic heterocycles. The Morgan fingerprint density at radius 2 is 1.83 bits per heavy atom. The third-order valence-corrected chi connectivity index (χ3v) is 11.4. The number of likely N-dealkylation sites (tertiary alicyclic amines) is 2. The zero-order valence-electron chi connectivity index (χ0n) is 30.1. The van der Waals surface area contributed by atoms with Crippen LogP contribution >= 0.6 is 11.6 Å². The molecule has 3 N–H and O–H groups in total. The molecular formula is C38H44ClFN8O5. The molecule has 2 aromatic carbocycles. The molecule has 15 heteroatoms. The molecule has 0 saturated carbocycles. The Balaban J connectivity index is 0.916. The number of carbonyl (C=O) groups is 3. The Morgan fingerprint density at radius 3 is 2.53 bits per heavy atom. The van der Waals surface area contributed by atoms with Gasteiger partial charge in [0.15, 0.2) is 0 Å². The number of urea groups is 1. The highest BCUT2D eigenvalue weighted by atomic mass is 35.5. The molecule has 3 saturated heterocycles. The number of nitrogens with zero attached hydrogens (tertiary/aromatic N) is 5. The van der Waals surface area contributed by atoms with Crippen LogP contribution in [0.15, 0.2) is 47.5 Å². The topological polar surface area (TPSA) is 145 Å². The van der Waals surface area contributed by atoms with Crippen LogP contribution in [-0.2, 0) is 23.2 Å². The Kier molecular flexibility index (Phi) is 10.4. The fourth-order valence-electron chi connectivity index (χ4n) is 7.91. The number of carbonyl (C=O) groups excluding carboxylic acids is 3. The molecule has 0 radical (unpaired) electrons. The summed E-state index contributed by atoms with van der Waals surface area (Å²) in [6, 6.07) is 8.30. The van der Waals surface area contributed by atoms with E-state index in [1.54, 1.807) is 38.7 Å². The second-order valence-electron chi connectivity index (χ2n) is 14.3. The van der Waals surface area contributed by atoms with E-state index in [0.29, 0.717) is 71.8 Å². The average Bonchev–Trinajstić information content (AvgIpc) is 3.65. The molecule has 1 atom stereocenters. The van der Waals surface area contributed by atoms with Crippen LogP contribution in [0.1, 0.15) is 55.6 Å². The highest BCUT2D eigenvalue weighted by Crippen LogP contribution is 2.37. The van der Waals surface area contributed by atoms with E-state index in [4.69, 9.17) is 16.3 Å². The van der Waals surface area contributed by atoms with Gasteiger partial charge in [0.05, 0.1) is 13.3 Å². The van der Waals surface area contributed by atoms with Gasteiger partial charge >= 0.3 is 6.03 Å². The number of hydrogen-bond acceptors (Lipinski definition) is 8. The molecule has 13 nitrogen and oxygen atoms in total. The summed E-state index contributed by atoms with van der Waals surface area (Å²) >= 11 is 6.89. The highest BCUT2D eigenvalue weighted by molar-refractivity contribution is 6.32. The van der Waals surface area contributed by atoms with Crippen molar-refractivity contribution in [3.05, 3.63) is 75.0 Å². The van der Waals surface area contributed by atoms with Gasteiger partial charge in [-0.1, -0.05) is 17.7 Å². The van der Waals surface area contributed by atoms with Crippen LogP contribution in [-0.4, -0.2) is 99.7 Å². The number of aryl methyl sites for hydroxylation is 1. The van der Waals surface area contributed by atoms with Crippen molar-refractivity contribution >= 4 is 46.0 Å². The van der Waals surface area contributed by atoms with Crippen LogP contribution in [0, 0.1) is 5.82 Å². The van der Waals surface area contributed by atoms with Gasteiger partial charge in [0, 0.05) is 92.7 Å².